The van der Waals surface area contributed by atoms with E-state index in [0.29, 0.717) is 17.8 Å². The monoisotopic (exact) mass is 184 g/mol. The van der Waals surface area contributed by atoms with Crippen LogP contribution in [0.25, 0.3) is 0 Å². The van der Waals surface area contributed by atoms with Gasteiger partial charge < -0.3 is 10.5 Å². The number of rotatable bonds is 2. The molecule has 5 heteroatoms. The predicted octanol–water partition coefficient (Wildman–Crippen LogP) is -0.321. The van der Waals surface area contributed by atoms with Gasteiger partial charge in [-0.05, 0) is 6.08 Å². The van der Waals surface area contributed by atoms with Crippen LogP contribution in [0.3, 0.4) is 0 Å². The quantitative estimate of drug-likeness (QED) is 0.405. The second-order valence-corrected chi connectivity index (χ2v) is 2.71. The number of hydroxylamine groups is 1. The van der Waals surface area contributed by atoms with E-state index in [-0.39, 0.29) is 6.04 Å². The third-order valence-corrected chi connectivity index (χ3v) is 1.83. The molecule has 0 aromatic rings. The third-order valence-electron chi connectivity index (χ3n) is 1.83. The minimum absolute atomic E-state index is 0.203. The molecule has 4 N–H and O–H groups in total. The molecule has 0 bridgehead atoms. The molecule has 1 unspecified atom stereocenters. The predicted molar refractivity (Wildman–Crippen MR) is 45.7 cm³/mol. The number of amides is 1. The molecule has 1 rings (SSSR count). The van der Waals surface area contributed by atoms with Gasteiger partial charge in [-0.3, -0.25) is 10.0 Å². The normalized spacial score (nSPS) is 21.6. The SMILES string of the molecule is COC1=C(C(=O)NO)CC(N)C=C1. The lowest BCUT2D eigenvalue weighted by Gasteiger charge is -2.17. The van der Waals surface area contributed by atoms with E-state index < -0.39 is 5.91 Å². The van der Waals surface area contributed by atoms with Gasteiger partial charge in [0, 0.05) is 12.5 Å². The summed E-state index contributed by atoms with van der Waals surface area (Å²) < 4.78 is 4.94. The molecule has 1 aliphatic rings. The summed E-state index contributed by atoms with van der Waals surface area (Å²) in [4.78, 5) is 11.1. The number of hydrogen-bond acceptors (Lipinski definition) is 4. The van der Waals surface area contributed by atoms with Gasteiger partial charge in [0.2, 0.25) is 0 Å². The maximum absolute atomic E-state index is 11.1. The van der Waals surface area contributed by atoms with Crippen molar-refractivity contribution < 1.29 is 14.7 Å². The van der Waals surface area contributed by atoms with Crippen LogP contribution < -0.4 is 11.2 Å². The van der Waals surface area contributed by atoms with Crippen LogP contribution in [0.5, 0.6) is 0 Å². The Morgan fingerprint density at radius 1 is 1.85 bits per heavy atom. The number of hydrogen-bond donors (Lipinski definition) is 3. The Balaban J connectivity index is 2.92. The first-order valence-corrected chi connectivity index (χ1v) is 3.84. The highest BCUT2D eigenvalue weighted by Crippen LogP contribution is 2.18. The number of allylic oxidation sites excluding steroid dienone is 1. The number of carbonyl (C=O) groups excluding carboxylic acids is 1. The molecular formula is C8H12N2O3. The molecule has 1 amide bonds. The first-order valence-electron chi connectivity index (χ1n) is 3.84. The van der Waals surface area contributed by atoms with Crippen molar-refractivity contribution in [1.82, 2.24) is 5.48 Å². The van der Waals surface area contributed by atoms with Crippen molar-refractivity contribution in [3.8, 4) is 0 Å². The molecule has 0 aromatic carbocycles. The van der Waals surface area contributed by atoms with E-state index in [9.17, 15) is 4.79 Å². The topological polar surface area (TPSA) is 84.6 Å². The van der Waals surface area contributed by atoms with Crippen LogP contribution in [0, 0.1) is 0 Å². The number of ether oxygens (including phenoxy) is 1. The van der Waals surface area contributed by atoms with Crippen LogP contribution in [0.1, 0.15) is 6.42 Å². The highest BCUT2D eigenvalue weighted by molar-refractivity contribution is 5.93. The standard InChI is InChI=1S/C8H12N2O3/c1-13-7-3-2-5(9)4-6(7)8(11)10-12/h2-3,5,12H,4,9H2,1H3,(H,10,11). The summed E-state index contributed by atoms with van der Waals surface area (Å²) in [5.74, 6) is -0.134. The molecular weight excluding hydrogens is 172 g/mol. The van der Waals surface area contributed by atoms with Crippen LogP contribution in [0.15, 0.2) is 23.5 Å². The van der Waals surface area contributed by atoms with Crippen molar-refractivity contribution in [3.63, 3.8) is 0 Å². The molecule has 0 saturated carbocycles. The van der Waals surface area contributed by atoms with Gasteiger partial charge in [0.25, 0.3) is 5.91 Å². The molecule has 0 spiro atoms. The van der Waals surface area contributed by atoms with Gasteiger partial charge >= 0.3 is 0 Å². The van der Waals surface area contributed by atoms with Crippen molar-refractivity contribution in [2.75, 3.05) is 7.11 Å². The molecule has 0 aromatic heterocycles. The number of methoxy groups -OCH3 is 1. The van der Waals surface area contributed by atoms with Gasteiger partial charge in [-0.2, -0.15) is 0 Å². The number of carbonyl (C=O) groups is 1. The fourth-order valence-corrected chi connectivity index (χ4v) is 1.18. The Morgan fingerprint density at radius 2 is 2.54 bits per heavy atom. The number of nitrogens with two attached hydrogens (primary N) is 1. The van der Waals surface area contributed by atoms with Crippen LogP contribution >= 0.6 is 0 Å². The zero-order valence-corrected chi connectivity index (χ0v) is 7.28. The van der Waals surface area contributed by atoms with Crippen LogP contribution in [0.2, 0.25) is 0 Å². The zero-order chi connectivity index (χ0) is 9.84. The Kier molecular flexibility index (Phi) is 3.05. The van der Waals surface area contributed by atoms with Gasteiger partial charge in [-0.15, -0.1) is 0 Å². The molecule has 0 radical (unpaired) electrons. The minimum atomic E-state index is -0.573. The van der Waals surface area contributed by atoms with Crippen molar-refractivity contribution in [2.24, 2.45) is 5.73 Å². The molecule has 1 atom stereocenters. The van der Waals surface area contributed by atoms with Gasteiger partial charge in [0.1, 0.15) is 5.76 Å². The van der Waals surface area contributed by atoms with Crippen molar-refractivity contribution in [1.29, 1.82) is 0 Å². The van der Waals surface area contributed by atoms with Gasteiger partial charge in [0.05, 0.1) is 12.7 Å². The van der Waals surface area contributed by atoms with Crippen LogP contribution in [-0.2, 0) is 9.53 Å². The fraction of sp³-hybridized carbons (Fsp3) is 0.375. The van der Waals surface area contributed by atoms with Gasteiger partial charge in [0.15, 0.2) is 0 Å². The fourth-order valence-electron chi connectivity index (χ4n) is 1.18. The molecule has 0 aliphatic heterocycles. The lowest BCUT2D eigenvalue weighted by molar-refractivity contribution is -0.125. The highest BCUT2D eigenvalue weighted by Gasteiger charge is 2.20. The Hall–Kier alpha value is -1.33. The summed E-state index contributed by atoms with van der Waals surface area (Å²) in [6.45, 7) is 0. The first-order chi connectivity index (χ1) is 6.19. The molecule has 0 heterocycles. The van der Waals surface area contributed by atoms with Crippen LogP contribution in [-0.4, -0.2) is 24.3 Å². The lowest BCUT2D eigenvalue weighted by atomic mass is 9.99. The van der Waals surface area contributed by atoms with Gasteiger partial charge in [-0.25, -0.2) is 5.48 Å². The smallest absolute Gasteiger partial charge is 0.274 e. The summed E-state index contributed by atoms with van der Waals surface area (Å²) in [5.41, 5.74) is 7.51. The molecule has 5 nitrogen and oxygen atoms in total. The van der Waals surface area contributed by atoms with Crippen LogP contribution in [0.4, 0.5) is 0 Å². The summed E-state index contributed by atoms with van der Waals surface area (Å²) in [7, 11) is 1.46. The maximum atomic E-state index is 11.1. The van der Waals surface area contributed by atoms with E-state index in [1.54, 1.807) is 17.6 Å². The summed E-state index contributed by atoms with van der Waals surface area (Å²) in [6.07, 6.45) is 3.73. The Labute approximate surface area is 75.8 Å². The second kappa shape index (κ2) is 4.06. The van der Waals surface area contributed by atoms with E-state index in [0.717, 1.165) is 0 Å². The molecule has 13 heavy (non-hydrogen) atoms. The van der Waals surface area contributed by atoms with Crippen molar-refractivity contribution in [3.05, 3.63) is 23.5 Å². The van der Waals surface area contributed by atoms with Crippen molar-refractivity contribution >= 4 is 5.91 Å². The molecule has 0 fully saturated rings. The minimum Gasteiger partial charge on any atom is -0.496 e. The van der Waals surface area contributed by atoms with Crippen molar-refractivity contribution in [2.45, 2.75) is 12.5 Å². The van der Waals surface area contributed by atoms with E-state index in [1.807, 2.05) is 0 Å². The van der Waals surface area contributed by atoms with Gasteiger partial charge in [-0.1, -0.05) is 6.08 Å². The Morgan fingerprint density at radius 3 is 3.08 bits per heavy atom. The zero-order valence-electron chi connectivity index (χ0n) is 7.28. The average molecular weight is 184 g/mol. The second-order valence-electron chi connectivity index (χ2n) is 2.71. The number of nitrogens with one attached hydrogen (secondary N) is 1. The van der Waals surface area contributed by atoms with E-state index in [4.69, 9.17) is 15.7 Å². The highest BCUT2D eigenvalue weighted by atomic mass is 16.5. The summed E-state index contributed by atoms with van der Waals surface area (Å²) >= 11 is 0. The molecule has 1 aliphatic carbocycles. The molecule has 0 saturated heterocycles. The van der Waals surface area contributed by atoms with E-state index in [1.165, 1.54) is 7.11 Å². The summed E-state index contributed by atoms with van der Waals surface area (Å²) in [6, 6.07) is -0.203. The van der Waals surface area contributed by atoms with E-state index >= 15 is 0 Å². The van der Waals surface area contributed by atoms with E-state index in [2.05, 4.69) is 0 Å². The summed E-state index contributed by atoms with van der Waals surface area (Å²) in [5, 5.41) is 8.43. The Bertz CT molecular complexity index is 271. The molecule has 72 valence electrons. The first kappa shape index (κ1) is 9.76. The average Bonchev–Trinajstić information content (AvgIpc) is 2.16. The third kappa shape index (κ3) is 2.07. The largest absolute Gasteiger partial charge is 0.496 e. The maximum Gasteiger partial charge on any atom is 0.274 e. The lowest BCUT2D eigenvalue weighted by Crippen LogP contribution is -2.29.